The normalized spacial score (nSPS) is 9.93. The maximum absolute atomic E-state index is 11.5. The Bertz CT molecular complexity index is 310. The van der Waals surface area contributed by atoms with Crippen molar-refractivity contribution in [1.29, 1.82) is 0 Å². The zero-order chi connectivity index (χ0) is 10.6. The summed E-state index contributed by atoms with van der Waals surface area (Å²) < 4.78 is 1.00. The molecule has 0 aliphatic heterocycles. The van der Waals surface area contributed by atoms with Crippen LogP contribution in [0.25, 0.3) is 0 Å². The van der Waals surface area contributed by atoms with Crippen LogP contribution < -0.4 is 10.6 Å². The molecule has 0 aliphatic rings. The van der Waals surface area contributed by atoms with Gasteiger partial charge in [0, 0.05) is 30.2 Å². The number of benzene rings is 1. The van der Waals surface area contributed by atoms with Gasteiger partial charge >= 0.3 is 0 Å². The summed E-state index contributed by atoms with van der Waals surface area (Å²) in [5.74, 6) is 0.0369. The van der Waals surface area contributed by atoms with E-state index in [0.29, 0.717) is 13.0 Å². The van der Waals surface area contributed by atoms with Crippen molar-refractivity contribution in [3.63, 3.8) is 0 Å². The SMILES string of the molecule is CN(C(=O)CCN)c1ccc(Br)cc1. The quantitative estimate of drug-likeness (QED) is 0.896. The van der Waals surface area contributed by atoms with Crippen molar-refractivity contribution < 1.29 is 4.79 Å². The first kappa shape index (κ1) is 11.2. The van der Waals surface area contributed by atoms with Crippen molar-refractivity contribution in [2.75, 3.05) is 18.5 Å². The number of rotatable bonds is 3. The van der Waals surface area contributed by atoms with Gasteiger partial charge in [0.2, 0.25) is 5.91 Å². The number of nitrogens with zero attached hydrogens (tertiary/aromatic N) is 1. The fourth-order valence-electron chi connectivity index (χ4n) is 1.10. The van der Waals surface area contributed by atoms with Crippen LogP contribution in [0.5, 0.6) is 0 Å². The van der Waals surface area contributed by atoms with Gasteiger partial charge < -0.3 is 10.6 Å². The molecule has 0 saturated carbocycles. The first-order valence-corrected chi connectivity index (χ1v) is 5.16. The third-order valence-electron chi connectivity index (χ3n) is 1.95. The number of halogens is 1. The van der Waals surface area contributed by atoms with Gasteiger partial charge in [-0.05, 0) is 24.3 Å². The summed E-state index contributed by atoms with van der Waals surface area (Å²) in [5.41, 5.74) is 6.20. The van der Waals surface area contributed by atoms with Crippen molar-refractivity contribution in [2.45, 2.75) is 6.42 Å². The van der Waals surface area contributed by atoms with Crippen molar-refractivity contribution >= 4 is 27.5 Å². The molecular formula is C10H13BrN2O. The third kappa shape index (κ3) is 2.82. The highest BCUT2D eigenvalue weighted by Crippen LogP contribution is 2.17. The Hall–Kier alpha value is -0.870. The van der Waals surface area contributed by atoms with E-state index in [0.717, 1.165) is 10.2 Å². The number of carbonyl (C=O) groups excluding carboxylic acids is 1. The lowest BCUT2D eigenvalue weighted by atomic mass is 10.3. The van der Waals surface area contributed by atoms with E-state index in [-0.39, 0.29) is 5.91 Å². The number of hydrogen-bond donors (Lipinski definition) is 1. The standard InChI is InChI=1S/C10H13BrN2O/c1-13(10(14)6-7-12)9-4-2-8(11)3-5-9/h2-5H,6-7,12H2,1H3. The summed E-state index contributed by atoms with van der Waals surface area (Å²) in [6.07, 6.45) is 0.382. The monoisotopic (exact) mass is 256 g/mol. The minimum absolute atomic E-state index is 0.0369. The Morgan fingerprint density at radius 1 is 1.43 bits per heavy atom. The molecule has 0 aliphatic carbocycles. The molecule has 0 bridgehead atoms. The van der Waals surface area contributed by atoms with E-state index in [4.69, 9.17) is 5.73 Å². The molecule has 1 amide bonds. The number of nitrogens with two attached hydrogens (primary N) is 1. The van der Waals surface area contributed by atoms with E-state index in [1.54, 1.807) is 11.9 Å². The van der Waals surface area contributed by atoms with Gasteiger partial charge in [-0.3, -0.25) is 4.79 Å². The van der Waals surface area contributed by atoms with Gasteiger partial charge in [-0.15, -0.1) is 0 Å². The number of anilines is 1. The van der Waals surface area contributed by atoms with E-state index in [1.807, 2.05) is 24.3 Å². The van der Waals surface area contributed by atoms with E-state index in [2.05, 4.69) is 15.9 Å². The predicted octanol–water partition coefficient (Wildman–Crippen LogP) is 1.76. The maximum Gasteiger partial charge on any atom is 0.227 e. The molecule has 0 unspecified atom stereocenters. The number of carbonyl (C=O) groups is 1. The molecule has 3 nitrogen and oxygen atoms in total. The van der Waals surface area contributed by atoms with Crippen molar-refractivity contribution in [3.05, 3.63) is 28.7 Å². The van der Waals surface area contributed by atoms with Crippen molar-refractivity contribution in [1.82, 2.24) is 0 Å². The topological polar surface area (TPSA) is 46.3 Å². The molecule has 1 rings (SSSR count). The summed E-state index contributed by atoms with van der Waals surface area (Å²) >= 11 is 3.34. The van der Waals surface area contributed by atoms with Gasteiger partial charge in [-0.1, -0.05) is 15.9 Å². The van der Waals surface area contributed by atoms with E-state index in [9.17, 15) is 4.79 Å². The van der Waals surface area contributed by atoms with Gasteiger partial charge in [0.1, 0.15) is 0 Å². The van der Waals surface area contributed by atoms with E-state index in [1.165, 1.54) is 0 Å². The number of hydrogen-bond acceptors (Lipinski definition) is 2. The smallest absolute Gasteiger partial charge is 0.227 e. The molecule has 0 radical (unpaired) electrons. The van der Waals surface area contributed by atoms with Crippen LogP contribution in [0.2, 0.25) is 0 Å². The van der Waals surface area contributed by atoms with Gasteiger partial charge in [0.15, 0.2) is 0 Å². The molecule has 1 aromatic rings. The van der Waals surface area contributed by atoms with Gasteiger partial charge in [-0.2, -0.15) is 0 Å². The predicted molar refractivity (Wildman–Crippen MR) is 61.2 cm³/mol. The first-order chi connectivity index (χ1) is 6.65. The van der Waals surface area contributed by atoms with Gasteiger partial charge in [0.05, 0.1) is 0 Å². The molecule has 4 heteroatoms. The van der Waals surface area contributed by atoms with E-state index < -0.39 is 0 Å². The van der Waals surface area contributed by atoms with Crippen LogP contribution in [-0.2, 0) is 4.79 Å². The van der Waals surface area contributed by atoms with Crippen LogP contribution in [0.1, 0.15) is 6.42 Å². The summed E-state index contributed by atoms with van der Waals surface area (Å²) in [4.78, 5) is 13.1. The second-order valence-corrected chi connectivity index (χ2v) is 3.88. The molecule has 0 aromatic heterocycles. The minimum Gasteiger partial charge on any atom is -0.330 e. The summed E-state index contributed by atoms with van der Waals surface area (Å²) in [6, 6.07) is 7.58. The fraction of sp³-hybridized carbons (Fsp3) is 0.300. The lowest BCUT2D eigenvalue weighted by Crippen LogP contribution is -2.27. The molecule has 0 spiro atoms. The highest BCUT2D eigenvalue weighted by atomic mass is 79.9. The van der Waals surface area contributed by atoms with Crippen LogP contribution in [0.3, 0.4) is 0 Å². The molecule has 0 saturated heterocycles. The molecule has 76 valence electrons. The van der Waals surface area contributed by atoms with Crippen LogP contribution >= 0.6 is 15.9 Å². The van der Waals surface area contributed by atoms with E-state index >= 15 is 0 Å². The average molecular weight is 257 g/mol. The molecular weight excluding hydrogens is 244 g/mol. The Morgan fingerprint density at radius 2 is 2.00 bits per heavy atom. The van der Waals surface area contributed by atoms with Crippen LogP contribution in [0.4, 0.5) is 5.69 Å². The van der Waals surface area contributed by atoms with Crippen LogP contribution in [0.15, 0.2) is 28.7 Å². The number of amides is 1. The van der Waals surface area contributed by atoms with Crippen LogP contribution in [-0.4, -0.2) is 19.5 Å². The summed E-state index contributed by atoms with van der Waals surface area (Å²) in [7, 11) is 1.75. The molecule has 0 atom stereocenters. The van der Waals surface area contributed by atoms with Crippen molar-refractivity contribution in [2.24, 2.45) is 5.73 Å². The molecule has 2 N–H and O–H groups in total. The minimum atomic E-state index is 0.0369. The Kier molecular flexibility index (Phi) is 4.10. The second-order valence-electron chi connectivity index (χ2n) is 2.97. The molecule has 0 fully saturated rings. The fourth-order valence-corrected chi connectivity index (χ4v) is 1.36. The zero-order valence-corrected chi connectivity index (χ0v) is 9.62. The summed E-state index contributed by atoms with van der Waals surface area (Å²) in [5, 5.41) is 0. The van der Waals surface area contributed by atoms with Gasteiger partial charge in [0.25, 0.3) is 0 Å². The average Bonchev–Trinajstić information content (AvgIpc) is 2.18. The second kappa shape index (κ2) is 5.12. The highest BCUT2D eigenvalue weighted by Gasteiger charge is 2.08. The van der Waals surface area contributed by atoms with Crippen molar-refractivity contribution in [3.8, 4) is 0 Å². The zero-order valence-electron chi connectivity index (χ0n) is 8.03. The van der Waals surface area contributed by atoms with Crippen LogP contribution in [0, 0.1) is 0 Å². The third-order valence-corrected chi connectivity index (χ3v) is 2.47. The summed E-state index contributed by atoms with van der Waals surface area (Å²) in [6.45, 7) is 0.389. The Morgan fingerprint density at radius 3 is 2.50 bits per heavy atom. The Labute approximate surface area is 92.0 Å². The molecule has 0 heterocycles. The Balaban J connectivity index is 2.73. The lowest BCUT2D eigenvalue weighted by molar-refractivity contribution is -0.118. The largest absolute Gasteiger partial charge is 0.330 e. The molecule has 1 aromatic carbocycles. The maximum atomic E-state index is 11.5. The lowest BCUT2D eigenvalue weighted by Gasteiger charge is -2.16. The highest BCUT2D eigenvalue weighted by molar-refractivity contribution is 9.10. The van der Waals surface area contributed by atoms with Gasteiger partial charge in [-0.25, -0.2) is 0 Å². The molecule has 14 heavy (non-hydrogen) atoms. The first-order valence-electron chi connectivity index (χ1n) is 4.37.